The average molecular weight is 294 g/mol. The zero-order valence-electron chi connectivity index (χ0n) is 12.7. The summed E-state index contributed by atoms with van der Waals surface area (Å²) in [5.41, 5.74) is -1.25. The molecule has 0 aromatic rings. The molecule has 0 bridgehead atoms. The van der Waals surface area contributed by atoms with E-state index in [1.54, 1.807) is 20.8 Å². The lowest BCUT2D eigenvalue weighted by molar-refractivity contribution is 0.0511. The van der Waals surface area contributed by atoms with Gasteiger partial charge in [0.25, 0.3) is 0 Å². The summed E-state index contributed by atoms with van der Waals surface area (Å²) < 4.78 is 30.5. The molecule has 0 aliphatic rings. The van der Waals surface area contributed by atoms with Crippen LogP contribution < -0.4 is 10.0 Å². The number of hydrogen-bond acceptors (Lipinski definition) is 4. The van der Waals surface area contributed by atoms with Gasteiger partial charge in [-0.3, -0.25) is 0 Å². The van der Waals surface area contributed by atoms with Crippen LogP contribution in [0.2, 0.25) is 0 Å². The molecular weight excluding hydrogens is 268 g/mol. The summed E-state index contributed by atoms with van der Waals surface area (Å²) in [7, 11) is -3.33. The van der Waals surface area contributed by atoms with Crippen molar-refractivity contribution in [2.45, 2.75) is 58.6 Å². The van der Waals surface area contributed by atoms with E-state index in [0.717, 1.165) is 6.26 Å². The molecule has 0 fully saturated rings. The third-order valence-electron chi connectivity index (χ3n) is 2.73. The van der Waals surface area contributed by atoms with Gasteiger partial charge in [-0.15, -0.1) is 0 Å². The van der Waals surface area contributed by atoms with Gasteiger partial charge in [0, 0.05) is 12.1 Å². The fraction of sp³-hybridized carbons (Fsp3) is 0.917. The van der Waals surface area contributed by atoms with Crippen LogP contribution in [-0.4, -0.2) is 38.5 Å². The molecule has 0 heterocycles. The third kappa shape index (κ3) is 8.05. The molecule has 0 atom stereocenters. The fourth-order valence-electron chi connectivity index (χ4n) is 1.63. The minimum atomic E-state index is -3.33. The molecule has 0 aliphatic heterocycles. The van der Waals surface area contributed by atoms with Crippen LogP contribution in [0.4, 0.5) is 4.79 Å². The molecule has 1 amide bonds. The summed E-state index contributed by atoms with van der Waals surface area (Å²) in [6.45, 7) is 9.26. The lowest BCUT2D eigenvalue weighted by Gasteiger charge is -2.32. The molecule has 0 spiro atoms. The number of amides is 1. The Morgan fingerprint density at radius 3 is 1.95 bits per heavy atom. The van der Waals surface area contributed by atoms with Crippen LogP contribution in [0.25, 0.3) is 0 Å². The van der Waals surface area contributed by atoms with Crippen molar-refractivity contribution in [1.82, 2.24) is 10.0 Å². The molecule has 0 unspecified atom stereocenters. The quantitative estimate of drug-likeness (QED) is 0.779. The van der Waals surface area contributed by atoms with E-state index in [1.165, 1.54) is 0 Å². The number of sulfonamides is 1. The lowest BCUT2D eigenvalue weighted by atomic mass is 9.94. The molecule has 0 aliphatic carbocycles. The van der Waals surface area contributed by atoms with Gasteiger partial charge in [0.2, 0.25) is 10.0 Å². The van der Waals surface area contributed by atoms with Crippen molar-refractivity contribution < 1.29 is 17.9 Å². The third-order valence-corrected chi connectivity index (χ3v) is 3.53. The number of nitrogens with one attached hydrogen (secondary N) is 2. The maximum absolute atomic E-state index is 11.6. The molecule has 0 rings (SSSR count). The second-order valence-corrected chi connectivity index (χ2v) is 7.47. The van der Waals surface area contributed by atoms with Crippen LogP contribution in [0.1, 0.15) is 47.5 Å². The molecule has 6 nitrogen and oxygen atoms in total. The van der Waals surface area contributed by atoms with Crippen molar-refractivity contribution in [3.63, 3.8) is 0 Å². The Kier molecular flexibility index (Phi) is 6.28. The van der Waals surface area contributed by atoms with Crippen molar-refractivity contribution in [3.05, 3.63) is 0 Å². The Morgan fingerprint density at radius 1 is 1.16 bits per heavy atom. The van der Waals surface area contributed by atoms with E-state index in [2.05, 4.69) is 10.0 Å². The normalized spacial score (nSPS) is 13.2. The molecule has 0 radical (unpaired) electrons. The highest BCUT2D eigenvalue weighted by Gasteiger charge is 2.30. The predicted octanol–water partition coefficient (Wildman–Crippen LogP) is 1.62. The predicted molar refractivity (Wildman–Crippen MR) is 75.5 cm³/mol. The van der Waals surface area contributed by atoms with Gasteiger partial charge >= 0.3 is 6.09 Å². The van der Waals surface area contributed by atoms with Crippen LogP contribution in [0.5, 0.6) is 0 Å². The van der Waals surface area contributed by atoms with E-state index >= 15 is 0 Å². The second kappa shape index (κ2) is 6.56. The van der Waals surface area contributed by atoms with Crippen LogP contribution in [0, 0.1) is 0 Å². The zero-order valence-corrected chi connectivity index (χ0v) is 13.5. The minimum absolute atomic E-state index is 0.196. The maximum Gasteiger partial charge on any atom is 0.407 e. The first-order valence-corrected chi connectivity index (χ1v) is 8.28. The number of ether oxygens (including phenoxy) is 1. The smallest absolute Gasteiger partial charge is 0.407 e. The van der Waals surface area contributed by atoms with Crippen LogP contribution in [-0.2, 0) is 14.8 Å². The molecule has 19 heavy (non-hydrogen) atoms. The van der Waals surface area contributed by atoms with Crippen LogP contribution >= 0.6 is 0 Å². The molecule has 0 aromatic heterocycles. The number of carbonyl (C=O) groups is 1. The average Bonchev–Trinajstić information content (AvgIpc) is 2.20. The highest BCUT2D eigenvalue weighted by Crippen LogP contribution is 2.15. The Labute approximate surface area is 116 Å². The van der Waals surface area contributed by atoms with E-state index in [1.807, 2.05) is 13.8 Å². The summed E-state index contributed by atoms with van der Waals surface area (Å²) in [4.78, 5) is 11.6. The minimum Gasteiger partial charge on any atom is -0.444 e. The van der Waals surface area contributed by atoms with E-state index in [0.29, 0.717) is 12.8 Å². The molecular formula is C12H26N2O4S. The van der Waals surface area contributed by atoms with Gasteiger partial charge in [0.1, 0.15) is 5.60 Å². The molecule has 114 valence electrons. The standard InChI is InChI=1S/C12H26N2O4S/c1-7-12(8-2,14-19(6,16)17)9-13-10(15)18-11(3,4)5/h14H,7-9H2,1-6H3,(H,13,15). The highest BCUT2D eigenvalue weighted by atomic mass is 32.2. The number of alkyl carbamates (subject to hydrolysis) is 1. The summed E-state index contributed by atoms with van der Waals surface area (Å²) in [6, 6.07) is 0. The van der Waals surface area contributed by atoms with Crippen LogP contribution in [0.15, 0.2) is 0 Å². The van der Waals surface area contributed by atoms with Gasteiger partial charge in [0.05, 0.1) is 6.26 Å². The van der Waals surface area contributed by atoms with E-state index in [4.69, 9.17) is 4.74 Å². The Hall–Kier alpha value is -0.820. The largest absolute Gasteiger partial charge is 0.444 e. The van der Waals surface area contributed by atoms with E-state index in [9.17, 15) is 13.2 Å². The van der Waals surface area contributed by atoms with Crippen molar-refractivity contribution in [2.24, 2.45) is 0 Å². The van der Waals surface area contributed by atoms with Crippen molar-refractivity contribution in [1.29, 1.82) is 0 Å². The fourth-order valence-corrected chi connectivity index (χ4v) is 2.78. The van der Waals surface area contributed by atoms with E-state index < -0.39 is 27.3 Å². The lowest BCUT2D eigenvalue weighted by Crippen LogP contribution is -2.55. The summed E-state index contributed by atoms with van der Waals surface area (Å²) in [6.07, 6.45) is 1.72. The monoisotopic (exact) mass is 294 g/mol. The van der Waals surface area contributed by atoms with Crippen molar-refractivity contribution in [3.8, 4) is 0 Å². The maximum atomic E-state index is 11.6. The van der Waals surface area contributed by atoms with Gasteiger partial charge in [-0.2, -0.15) is 0 Å². The van der Waals surface area contributed by atoms with Crippen molar-refractivity contribution >= 4 is 16.1 Å². The van der Waals surface area contributed by atoms with Crippen LogP contribution in [0.3, 0.4) is 0 Å². The Morgan fingerprint density at radius 2 is 1.63 bits per heavy atom. The first-order chi connectivity index (χ1) is 8.43. The first kappa shape index (κ1) is 18.2. The zero-order chi connectivity index (χ0) is 15.3. The van der Waals surface area contributed by atoms with Gasteiger partial charge in [-0.25, -0.2) is 17.9 Å². The number of hydrogen-bond donors (Lipinski definition) is 2. The topological polar surface area (TPSA) is 84.5 Å². The summed E-state index contributed by atoms with van der Waals surface area (Å²) in [5, 5.41) is 2.62. The molecule has 0 saturated carbocycles. The van der Waals surface area contributed by atoms with Gasteiger partial charge in [-0.1, -0.05) is 13.8 Å². The molecule has 0 aromatic carbocycles. The van der Waals surface area contributed by atoms with Gasteiger partial charge < -0.3 is 10.1 Å². The molecule has 2 N–H and O–H groups in total. The number of rotatable bonds is 6. The summed E-state index contributed by atoms with van der Waals surface area (Å²) >= 11 is 0. The van der Waals surface area contributed by atoms with Crippen molar-refractivity contribution in [2.75, 3.05) is 12.8 Å². The Balaban J connectivity index is 4.65. The SMILES string of the molecule is CCC(CC)(CNC(=O)OC(C)(C)C)NS(C)(=O)=O. The Bertz CT molecular complexity index is 394. The highest BCUT2D eigenvalue weighted by molar-refractivity contribution is 7.88. The number of carbonyl (C=O) groups excluding carboxylic acids is 1. The summed E-state index contributed by atoms with van der Waals surface area (Å²) in [5.74, 6) is 0. The molecule has 7 heteroatoms. The van der Waals surface area contributed by atoms with Gasteiger partial charge in [0.15, 0.2) is 0 Å². The second-order valence-electron chi connectivity index (χ2n) is 5.72. The molecule has 0 saturated heterocycles. The van der Waals surface area contributed by atoms with Gasteiger partial charge in [-0.05, 0) is 33.6 Å². The van der Waals surface area contributed by atoms with E-state index in [-0.39, 0.29) is 6.54 Å². The first-order valence-electron chi connectivity index (χ1n) is 6.39.